The molecule has 0 fully saturated rings. The number of carbonyl (C=O) groups excluding carboxylic acids is 8. The summed E-state index contributed by atoms with van der Waals surface area (Å²) in [5.41, 5.74) is 3.68. The molecule has 6 rings (SSSR count). The van der Waals surface area contributed by atoms with E-state index in [0.717, 1.165) is 13.0 Å². The molecule has 24 nitrogen and oxygen atoms in total. The highest BCUT2D eigenvalue weighted by atomic mass is 16.5. The molecule has 0 aromatic carbocycles. The number of amides is 7. The van der Waals surface area contributed by atoms with E-state index in [-0.39, 0.29) is 47.5 Å². The molecule has 0 aliphatic heterocycles. The fourth-order valence-corrected chi connectivity index (χ4v) is 7.40. The van der Waals surface area contributed by atoms with Crippen LogP contribution >= 0.6 is 0 Å². The van der Waals surface area contributed by atoms with Crippen LogP contribution in [0.2, 0.25) is 0 Å². The molecule has 8 N–H and O–H groups in total. The highest BCUT2D eigenvalue weighted by Crippen LogP contribution is 2.22. The van der Waals surface area contributed by atoms with Crippen LogP contribution in [0.5, 0.6) is 0 Å². The number of esters is 1. The van der Waals surface area contributed by atoms with Gasteiger partial charge in [-0.15, -0.1) is 0 Å². The Labute approximate surface area is 402 Å². The normalized spacial score (nSPS) is 11.0. The standard InChI is InChI=1S/C46H57N15O9/c1-55(2)12-10-11-48-41(64)33-15-29(23-56(33)3)51-44(67)36-16-30(24-59(36)6)52-42(65)34-13-27(21-57(34)4)49-39(62)19-47-20-40(63)50-28-14-35(58(5)22-28)43(66)53-31-17-37(60(7)25-31)45(68)54-32-18-38(46(69)70-9)61(8)26-32/h13-18,21-26,47H,10-12,19-20H2,1-9H3,(H,48,64)(H,49,62)(H,50,63)(H,51,67)(H,52,65)(H,53,66)(H,54,68). The number of hydrogen-bond acceptors (Lipinski definition) is 11. The number of nitrogens with one attached hydrogen (secondary N) is 8. The zero-order chi connectivity index (χ0) is 51.0. The molecule has 0 bridgehead atoms. The largest absolute Gasteiger partial charge is 0.464 e. The first-order valence-electron chi connectivity index (χ1n) is 21.7. The summed E-state index contributed by atoms with van der Waals surface area (Å²) in [6.07, 6.45) is 10.2. The number of ether oxygens (including phenoxy) is 1. The third-order valence-electron chi connectivity index (χ3n) is 10.8. The van der Waals surface area contributed by atoms with Crippen LogP contribution in [0.4, 0.5) is 34.1 Å². The predicted octanol–water partition coefficient (Wildman–Crippen LogP) is 2.36. The molecule has 0 aliphatic rings. The summed E-state index contributed by atoms with van der Waals surface area (Å²) in [5, 5.41) is 22.1. The zero-order valence-electron chi connectivity index (χ0n) is 40.3. The van der Waals surface area contributed by atoms with Gasteiger partial charge in [-0.05, 0) is 63.5 Å². The Morgan fingerprint density at radius 3 is 1.04 bits per heavy atom. The first kappa shape index (κ1) is 50.8. The molecule has 6 aromatic rings. The van der Waals surface area contributed by atoms with Gasteiger partial charge in [0.15, 0.2) is 0 Å². The number of carbonyl (C=O) groups is 8. The highest BCUT2D eigenvalue weighted by molar-refractivity contribution is 6.09. The van der Waals surface area contributed by atoms with Crippen LogP contribution in [0.25, 0.3) is 0 Å². The molecule has 0 radical (unpaired) electrons. The van der Waals surface area contributed by atoms with Crippen molar-refractivity contribution in [2.45, 2.75) is 6.42 Å². The Morgan fingerprint density at radius 1 is 0.443 bits per heavy atom. The minimum Gasteiger partial charge on any atom is -0.464 e. The van der Waals surface area contributed by atoms with Crippen LogP contribution < -0.4 is 42.5 Å². The van der Waals surface area contributed by atoms with E-state index < -0.39 is 41.4 Å². The summed E-state index contributed by atoms with van der Waals surface area (Å²) < 4.78 is 14.0. The van der Waals surface area contributed by atoms with Crippen molar-refractivity contribution in [1.29, 1.82) is 0 Å². The summed E-state index contributed by atoms with van der Waals surface area (Å²) in [7, 11) is 15.1. The topological polar surface area (TPSA) is 275 Å². The predicted molar refractivity (Wildman–Crippen MR) is 261 cm³/mol. The first-order valence-corrected chi connectivity index (χ1v) is 21.7. The number of methoxy groups -OCH3 is 1. The second kappa shape index (κ2) is 22.0. The molecule has 0 aliphatic carbocycles. The number of anilines is 6. The fraction of sp³-hybridized carbons (Fsp3) is 0.304. The quantitative estimate of drug-likeness (QED) is 0.0407. The van der Waals surface area contributed by atoms with E-state index in [0.29, 0.717) is 46.4 Å². The zero-order valence-corrected chi connectivity index (χ0v) is 40.3. The minimum atomic E-state index is -0.555. The van der Waals surface area contributed by atoms with Gasteiger partial charge in [0.2, 0.25) is 11.8 Å². The van der Waals surface area contributed by atoms with Gasteiger partial charge in [-0.3, -0.25) is 38.9 Å². The van der Waals surface area contributed by atoms with Crippen LogP contribution in [0.15, 0.2) is 73.6 Å². The van der Waals surface area contributed by atoms with Gasteiger partial charge in [0, 0.05) is 86.0 Å². The van der Waals surface area contributed by atoms with E-state index in [1.165, 1.54) is 55.7 Å². The molecule has 6 heterocycles. The van der Waals surface area contributed by atoms with Gasteiger partial charge >= 0.3 is 5.97 Å². The van der Waals surface area contributed by atoms with Crippen molar-refractivity contribution in [3.63, 3.8) is 0 Å². The van der Waals surface area contributed by atoms with E-state index in [9.17, 15) is 38.4 Å². The Bertz CT molecular complexity index is 2980. The van der Waals surface area contributed by atoms with Crippen LogP contribution in [0.1, 0.15) is 69.4 Å². The van der Waals surface area contributed by atoms with Crippen molar-refractivity contribution >= 4 is 81.4 Å². The van der Waals surface area contributed by atoms with Gasteiger partial charge in [0.05, 0.1) is 54.3 Å². The minimum absolute atomic E-state index is 0.206. The lowest BCUT2D eigenvalue weighted by Gasteiger charge is -2.10. The average molecular weight is 964 g/mol. The van der Waals surface area contributed by atoms with Crippen molar-refractivity contribution in [1.82, 2.24) is 42.9 Å². The van der Waals surface area contributed by atoms with Crippen molar-refractivity contribution in [2.24, 2.45) is 42.3 Å². The molecule has 370 valence electrons. The lowest BCUT2D eigenvalue weighted by Crippen LogP contribution is -2.34. The molecule has 0 spiro atoms. The van der Waals surface area contributed by atoms with Gasteiger partial charge in [-0.1, -0.05) is 0 Å². The van der Waals surface area contributed by atoms with Crippen LogP contribution in [-0.4, -0.2) is 127 Å². The van der Waals surface area contributed by atoms with Gasteiger partial charge < -0.3 is 74.3 Å². The second-order valence-corrected chi connectivity index (χ2v) is 16.8. The van der Waals surface area contributed by atoms with E-state index in [1.54, 1.807) is 94.7 Å². The molecule has 6 aromatic heterocycles. The molecule has 70 heavy (non-hydrogen) atoms. The number of rotatable bonds is 20. The van der Waals surface area contributed by atoms with E-state index >= 15 is 0 Å². The van der Waals surface area contributed by atoms with Crippen LogP contribution in [0, 0.1) is 0 Å². The Hall–Kier alpha value is -8.64. The number of aryl methyl sites for hydroxylation is 6. The Kier molecular flexibility index (Phi) is 15.9. The summed E-state index contributed by atoms with van der Waals surface area (Å²) in [6, 6.07) is 9.03. The van der Waals surface area contributed by atoms with Gasteiger partial charge in [-0.25, -0.2) is 4.79 Å². The smallest absolute Gasteiger partial charge is 0.354 e. The summed E-state index contributed by atoms with van der Waals surface area (Å²) in [4.78, 5) is 105. The number of nitrogens with zero attached hydrogens (tertiary/aromatic N) is 7. The molecular formula is C46H57N15O9. The van der Waals surface area contributed by atoms with Crippen molar-refractivity contribution in [3.8, 4) is 0 Å². The van der Waals surface area contributed by atoms with E-state index in [2.05, 4.69) is 42.5 Å². The summed E-state index contributed by atoms with van der Waals surface area (Å²) >= 11 is 0. The number of hydrogen-bond donors (Lipinski definition) is 8. The summed E-state index contributed by atoms with van der Waals surface area (Å²) in [5.74, 6) is -3.72. The van der Waals surface area contributed by atoms with Crippen LogP contribution in [-0.2, 0) is 56.6 Å². The number of aromatic nitrogens is 6. The fourth-order valence-electron chi connectivity index (χ4n) is 7.40. The van der Waals surface area contributed by atoms with Gasteiger partial charge in [0.1, 0.15) is 34.2 Å². The SMILES string of the molecule is COC(=O)c1cc(NC(=O)c2cc(NC(=O)c3cc(NC(=O)CNCC(=O)Nc4cc(C(=O)Nc5cc(C(=O)Nc6cc(C(=O)NCCCN(C)C)n(C)c6)n(C)c5)n(C)c4)cn3C)cn2C)cn1C. The maximum absolute atomic E-state index is 13.3. The molecule has 0 atom stereocenters. The van der Waals surface area contributed by atoms with Crippen molar-refractivity contribution in [2.75, 3.05) is 79.3 Å². The maximum Gasteiger partial charge on any atom is 0.354 e. The van der Waals surface area contributed by atoms with Crippen LogP contribution in [0.3, 0.4) is 0 Å². The lowest BCUT2D eigenvalue weighted by atomic mass is 10.3. The molecule has 24 heteroatoms. The molecular weight excluding hydrogens is 907 g/mol. The molecule has 0 saturated heterocycles. The first-order chi connectivity index (χ1) is 33.2. The molecule has 0 saturated carbocycles. The monoisotopic (exact) mass is 963 g/mol. The third kappa shape index (κ3) is 12.7. The van der Waals surface area contributed by atoms with Gasteiger partial charge in [0.25, 0.3) is 29.5 Å². The highest BCUT2D eigenvalue weighted by Gasteiger charge is 2.22. The van der Waals surface area contributed by atoms with E-state index in [1.807, 2.05) is 19.0 Å². The lowest BCUT2D eigenvalue weighted by molar-refractivity contribution is -0.116. The van der Waals surface area contributed by atoms with Gasteiger partial charge in [-0.2, -0.15) is 0 Å². The Balaban J connectivity index is 0.935. The second-order valence-electron chi connectivity index (χ2n) is 16.8. The van der Waals surface area contributed by atoms with Crippen molar-refractivity contribution in [3.05, 3.63) is 108 Å². The summed E-state index contributed by atoms with van der Waals surface area (Å²) in [6.45, 7) is 0.861. The Morgan fingerprint density at radius 2 is 0.729 bits per heavy atom. The average Bonchev–Trinajstić information content (AvgIpc) is 4.15. The third-order valence-corrected chi connectivity index (χ3v) is 10.8. The van der Waals surface area contributed by atoms with E-state index in [4.69, 9.17) is 4.74 Å². The molecule has 7 amide bonds. The maximum atomic E-state index is 13.3. The molecule has 0 unspecified atom stereocenters. The van der Waals surface area contributed by atoms with Crippen molar-refractivity contribution < 1.29 is 43.1 Å².